The molecular weight excluding hydrogens is 344 g/mol. The lowest BCUT2D eigenvalue weighted by Crippen LogP contribution is -2.48. The third-order valence-corrected chi connectivity index (χ3v) is 4.18. The van der Waals surface area contributed by atoms with Gasteiger partial charge in [0.1, 0.15) is 11.5 Å². The molecule has 2 unspecified atom stereocenters. The highest BCUT2D eigenvalue weighted by Crippen LogP contribution is 2.21. The van der Waals surface area contributed by atoms with Gasteiger partial charge in [0.2, 0.25) is 0 Å². The van der Waals surface area contributed by atoms with Gasteiger partial charge in [-0.2, -0.15) is 0 Å². The number of ether oxygens (including phenoxy) is 2. The summed E-state index contributed by atoms with van der Waals surface area (Å²) in [7, 11) is 0. The van der Waals surface area contributed by atoms with Crippen LogP contribution in [0.2, 0.25) is 0 Å². The van der Waals surface area contributed by atoms with Crippen molar-refractivity contribution < 1.29 is 19.1 Å². The van der Waals surface area contributed by atoms with Crippen LogP contribution >= 0.6 is 0 Å². The van der Waals surface area contributed by atoms with E-state index in [1.807, 2.05) is 42.5 Å². The van der Waals surface area contributed by atoms with E-state index in [9.17, 15) is 9.59 Å². The van der Waals surface area contributed by atoms with E-state index >= 15 is 0 Å². The Morgan fingerprint density at radius 1 is 0.926 bits per heavy atom. The molecule has 2 N–H and O–H groups in total. The van der Waals surface area contributed by atoms with E-state index in [0.717, 1.165) is 6.42 Å². The van der Waals surface area contributed by atoms with Gasteiger partial charge in [0, 0.05) is 0 Å². The highest BCUT2D eigenvalue weighted by Gasteiger charge is 2.15. The molecule has 144 valence electrons. The van der Waals surface area contributed by atoms with Crippen LogP contribution in [0.5, 0.6) is 11.5 Å². The number of carbonyl (C=O) groups excluding carboxylic acids is 2. The van der Waals surface area contributed by atoms with Gasteiger partial charge >= 0.3 is 0 Å². The van der Waals surface area contributed by atoms with Crippen LogP contribution < -0.4 is 20.3 Å². The first kappa shape index (κ1) is 20.3. The molecule has 0 radical (unpaired) electrons. The zero-order valence-electron chi connectivity index (χ0n) is 15.9. The minimum atomic E-state index is -0.748. The minimum absolute atomic E-state index is 0.198. The molecule has 2 atom stereocenters. The fraction of sp³-hybridized carbons (Fsp3) is 0.333. The van der Waals surface area contributed by atoms with E-state index in [0.29, 0.717) is 17.4 Å². The van der Waals surface area contributed by atoms with Crippen LogP contribution in [0, 0.1) is 0 Å². The van der Waals surface area contributed by atoms with Gasteiger partial charge in [-0.25, -0.2) is 0 Å². The zero-order chi connectivity index (χ0) is 19.6. The van der Waals surface area contributed by atoms with E-state index in [-0.39, 0.29) is 6.61 Å². The second-order valence-electron chi connectivity index (χ2n) is 6.28. The van der Waals surface area contributed by atoms with Gasteiger partial charge in [0.05, 0.1) is 0 Å². The van der Waals surface area contributed by atoms with Crippen LogP contribution in [0.25, 0.3) is 0 Å². The predicted octanol–water partition coefficient (Wildman–Crippen LogP) is 3.19. The number of hydrogen-bond donors (Lipinski definition) is 2. The average molecular weight is 370 g/mol. The molecule has 0 spiro atoms. The lowest BCUT2D eigenvalue weighted by Gasteiger charge is -2.15. The Bertz CT molecular complexity index is 732. The fourth-order valence-electron chi connectivity index (χ4n) is 2.30. The summed E-state index contributed by atoms with van der Waals surface area (Å²) in [6.07, 6.45) is 0.316. The largest absolute Gasteiger partial charge is 0.484 e. The summed E-state index contributed by atoms with van der Waals surface area (Å²) in [6, 6.07) is 16.6. The molecule has 27 heavy (non-hydrogen) atoms. The summed E-state index contributed by atoms with van der Waals surface area (Å²) in [5.74, 6) is 0.754. The Labute approximate surface area is 159 Å². The quantitative estimate of drug-likeness (QED) is 0.700. The molecule has 0 aromatic heterocycles. The minimum Gasteiger partial charge on any atom is -0.484 e. The Hall–Kier alpha value is -3.02. The maximum atomic E-state index is 12.0. The van der Waals surface area contributed by atoms with Crippen LogP contribution in [0.4, 0.5) is 0 Å². The number of nitrogens with one attached hydrogen (secondary N) is 2. The molecular formula is C21H26N2O4. The van der Waals surface area contributed by atoms with E-state index < -0.39 is 17.9 Å². The van der Waals surface area contributed by atoms with Crippen molar-refractivity contribution in [1.82, 2.24) is 10.9 Å². The standard InChI is InChI=1S/C21H26N2O4/c1-4-15(2)17-10-12-18(13-11-17)26-14-20(24)22-23-21(25)16(3)27-19-8-6-5-7-9-19/h5-13,15-16H,4,14H2,1-3H3,(H,22,24)(H,23,25). The first-order chi connectivity index (χ1) is 13.0. The molecule has 0 aliphatic carbocycles. The molecule has 2 amide bonds. The van der Waals surface area contributed by atoms with E-state index in [1.54, 1.807) is 19.1 Å². The number of hydrogen-bond acceptors (Lipinski definition) is 4. The zero-order valence-corrected chi connectivity index (χ0v) is 15.9. The first-order valence-corrected chi connectivity index (χ1v) is 9.02. The highest BCUT2D eigenvalue weighted by atomic mass is 16.5. The molecule has 0 aliphatic rings. The van der Waals surface area contributed by atoms with Gasteiger partial charge < -0.3 is 9.47 Å². The summed E-state index contributed by atoms with van der Waals surface area (Å²) in [6.45, 7) is 5.70. The van der Waals surface area contributed by atoms with Crippen LogP contribution in [0.1, 0.15) is 38.7 Å². The maximum Gasteiger partial charge on any atom is 0.279 e. The van der Waals surface area contributed by atoms with Crippen molar-refractivity contribution in [1.29, 1.82) is 0 Å². The number of amides is 2. The Balaban J connectivity index is 1.71. The molecule has 6 heteroatoms. The van der Waals surface area contributed by atoms with Crippen molar-refractivity contribution in [2.45, 2.75) is 39.2 Å². The van der Waals surface area contributed by atoms with E-state index in [4.69, 9.17) is 9.47 Å². The summed E-state index contributed by atoms with van der Waals surface area (Å²) in [5, 5.41) is 0. The van der Waals surface area contributed by atoms with Crippen molar-refractivity contribution in [3.63, 3.8) is 0 Å². The molecule has 0 aliphatic heterocycles. The summed E-state index contributed by atoms with van der Waals surface area (Å²) >= 11 is 0. The Morgan fingerprint density at radius 2 is 1.59 bits per heavy atom. The molecule has 0 heterocycles. The molecule has 0 saturated heterocycles. The maximum absolute atomic E-state index is 12.0. The lowest BCUT2D eigenvalue weighted by molar-refractivity contribution is -0.133. The normalized spacial score (nSPS) is 12.6. The number of carbonyl (C=O) groups is 2. The van der Waals surface area contributed by atoms with Crippen molar-refractivity contribution in [2.24, 2.45) is 0 Å². The number of rotatable bonds is 8. The van der Waals surface area contributed by atoms with Gasteiger partial charge in [0.15, 0.2) is 12.7 Å². The lowest BCUT2D eigenvalue weighted by atomic mass is 9.99. The topological polar surface area (TPSA) is 76.7 Å². The number of benzene rings is 2. The van der Waals surface area contributed by atoms with Crippen molar-refractivity contribution >= 4 is 11.8 Å². The van der Waals surface area contributed by atoms with Crippen LogP contribution in [0.15, 0.2) is 54.6 Å². The molecule has 2 aromatic carbocycles. The smallest absolute Gasteiger partial charge is 0.279 e. The number of hydrazine groups is 1. The molecule has 2 rings (SSSR count). The van der Waals surface area contributed by atoms with Crippen LogP contribution in [0.3, 0.4) is 0 Å². The summed E-state index contributed by atoms with van der Waals surface area (Å²) in [5.41, 5.74) is 5.87. The van der Waals surface area contributed by atoms with Gasteiger partial charge in [-0.1, -0.05) is 44.2 Å². The SMILES string of the molecule is CCC(C)c1ccc(OCC(=O)NNC(=O)C(C)Oc2ccccc2)cc1. The second-order valence-corrected chi connectivity index (χ2v) is 6.28. The fourth-order valence-corrected chi connectivity index (χ4v) is 2.30. The molecule has 2 aromatic rings. The summed E-state index contributed by atoms with van der Waals surface area (Å²) in [4.78, 5) is 23.8. The van der Waals surface area contributed by atoms with E-state index in [1.165, 1.54) is 5.56 Å². The molecule has 0 saturated carbocycles. The monoisotopic (exact) mass is 370 g/mol. The van der Waals surface area contributed by atoms with Crippen LogP contribution in [-0.2, 0) is 9.59 Å². The van der Waals surface area contributed by atoms with Gasteiger partial charge in [-0.3, -0.25) is 20.4 Å². The third-order valence-electron chi connectivity index (χ3n) is 4.18. The van der Waals surface area contributed by atoms with Gasteiger partial charge in [0.25, 0.3) is 11.8 Å². The molecule has 0 bridgehead atoms. The summed E-state index contributed by atoms with van der Waals surface area (Å²) < 4.78 is 10.9. The average Bonchev–Trinajstić information content (AvgIpc) is 2.70. The van der Waals surface area contributed by atoms with Crippen molar-refractivity contribution in [3.05, 3.63) is 60.2 Å². The van der Waals surface area contributed by atoms with E-state index in [2.05, 4.69) is 24.7 Å². The highest BCUT2D eigenvalue weighted by molar-refractivity contribution is 5.85. The Kier molecular flexibility index (Phi) is 7.67. The van der Waals surface area contributed by atoms with Gasteiger partial charge in [-0.05, 0) is 49.1 Å². The van der Waals surface area contributed by atoms with Crippen molar-refractivity contribution in [3.8, 4) is 11.5 Å². The molecule has 6 nitrogen and oxygen atoms in total. The van der Waals surface area contributed by atoms with Gasteiger partial charge in [-0.15, -0.1) is 0 Å². The molecule has 0 fully saturated rings. The number of para-hydroxylation sites is 1. The third kappa shape index (κ3) is 6.66. The first-order valence-electron chi connectivity index (χ1n) is 9.02. The van der Waals surface area contributed by atoms with Crippen molar-refractivity contribution in [2.75, 3.05) is 6.61 Å². The second kappa shape index (κ2) is 10.2. The predicted molar refractivity (Wildman–Crippen MR) is 103 cm³/mol. The Morgan fingerprint density at radius 3 is 2.22 bits per heavy atom. The van der Waals surface area contributed by atoms with Crippen LogP contribution in [-0.4, -0.2) is 24.5 Å².